The van der Waals surface area contributed by atoms with Crippen LogP contribution in [0.25, 0.3) is 0 Å². The lowest BCUT2D eigenvalue weighted by atomic mass is 10.2. The highest BCUT2D eigenvalue weighted by atomic mass is 32.2. The minimum atomic E-state index is -0.791. The lowest BCUT2D eigenvalue weighted by Gasteiger charge is -2.09. The first kappa shape index (κ1) is 12.0. The van der Waals surface area contributed by atoms with Crippen molar-refractivity contribution >= 4 is 17.7 Å². The number of carbonyl (C=O) groups is 1. The van der Waals surface area contributed by atoms with E-state index in [-0.39, 0.29) is 0 Å². The van der Waals surface area contributed by atoms with Gasteiger partial charge in [0.15, 0.2) is 5.16 Å². The molecule has 0 aliphatic rings. The third-order valence-corrected chi connectivity index (χ3v) is 3.03. The highest BCUT2D eigenvalue weighted by Crippen LogP contribution is 2.23. The molecule has 0 spiro atoms. The lowest BCUT2D eigenvalue weighted by molar-refractivity contribution is -0.136. The predicted octanol–water partition coefficient (Wildman–Crippen LogP) is 2.21. The topological polar surface area (TPSA) is 63.1 Å². The molecule has 1 unspecified atom stereocenters. The number of hydrogen-bond acceptors (Lipinski definition) is 4. The molecule has 1 rings (SSSR count). The van der Waals surface area contributed by atoms with Crippen LogP contribution in [0, 0.1) is 0 Å². The van der Waals surface area contributed by atoms with Crippen molar-refractivity contribution in [2.45, 2.75) is 36.6 Å². The van der Waals surface area contributed by atoms with Gasteiger partial charge in [-0.15, -0.1) is 0 Å². The largest absolute Gasteiger partial charge is 0.480 e. The lowest BCUT2D eigenvalue weighted by Crippen LogP contribution is -2.16. The van der Waals surface area contributed by atoms with E-state index in [1.54, 1.807) is 18.5 Å². The van der Waals surface area contributed by atoms with E-state index < -0.39 is 11.2 Å². The van der Waals surface area contributed by atoms with Crippen LogP contribution in [0.3, 0.4) is 0 Å². The predicted molar refractivity (Wildman–Crippen MR) is 58.8 cm³/mol. The highest BCUT2D eigenvalue weighted by molar-refractivity contribution is 8.00. The number of aliphatic carboxylic acids is 1. The molecule has 1 aromatic rings. The van der Waals surface area contributed by atoms with E-state index in [2.05, 4.69) is 9.97 Å². The molecule has 1 heterocycles. The zero-order valence-corrected chi connectivity index (χ0v) is 9.41. The van der Waals surface area contributed by atoms with Gasteiger partial charge in [-0.3, -0.25) is 4.79 Å². The van der Waals surface area contributed by atoms with E-state index in [4.69, 9.17) is 5.11 Å². The first-order chi connectivity index (χ1) is 7.24. The van der Waals surface area contributed by atoms with Gasteiger partial charge in [0.2, 0.25) is 0 Å². The summed E-state index contributed by atoms with van der Waals surface area (Å²) in [5.41, 5.74) is 0. The van der Waals surface area contributed by atoms with Crippen LogP contribution in [0.1, 0.15) is 26.2 Å². The van der Waals surface area contributed by atoms with Gasteiger partial charge in [-0.1, -0.05) is 31.5 Å². The van der Waals surface area contributed by atoms with Gasteiger partial charge in [0.25, 0.3) is 0 Å². The molecule has 0 amide bonds. The fourth-order valence-corrected chi connectivity index (χ4v) is 1.98. The molecule has 1 atom stereocenters. The van der Waals surface area contributed by atoms with E-state index >= 15 is 0 Å². The van der Waals surface area contributed by atoms with Gasteiger partial charge >= 0.3 is 5.97 Å². The molecule has 5 heteroatoms. The number of rotatable bonds is 6. The maximum atomic E-state index is 10.9. The normalized spacial score (nSPS) is 12.3. The van der Waals surface area contributed by atoms with E-state index in [0.717, 1.165) is 12.8 Å². The summed E-state index contributed by atoms with van der Waals surface area (Å²) in [6, 6.07) is 1.71. The summed E-state index contributed by atoms with van der Waals surface area (Å²) in [5, 5.41) is 9.08. The van der Waals surface area contributed by atoms with Crippen molar-refractivity contribution in [3.8, 4) is 0 Å². The molecule has 15 heavy (non-hydrogen) atoms. The van der Waals surface area contributed by atoms with Gasteiger partial charge in [-0.2, -0.15) is 0 Å². The second-order valence-electron chi connectivity index (χ2n) is 3.12. The van der Waals surface area contributed by atoms with Gasteiger partial charge in [0, 0.05) is 12.4 Å². The highest BCUT2D eigenvalue weighted by Gasteiger charge is 2.19. The Bertz CT molecular complexity index is 306. The summed E-state index contributed by atoms with van der Waals surface area (Å²) >= 11 is 1.21. The summed E-state index contributed by atoms with van der Waals surface area (Å²) in [6.07, 6.45) is 5.81. The smallest absolute Gasteiger partial charge is 0.317 e. The zero-order chi connectivity index (χ0) is 11.1. The second-order valence-corrected chi connectivity index (χ2v) is 4.29. The van der Waals surface area contributed by atoms with Gasteiger partial charge in [0.1, 0.15) is 5.25 Å². The molecular formula is C10H14N2O2S. The molecule has 0 aliphatic carbocycles. The van der Waals surface area contributed by atoms with E-state index in [9.17, 15) is 4.79 Å². The number of nitrogens with zero attached hydrogens (tertiary/aromatic N) is 2. The molecule has 4 nitrogen and oxygen atoms in total. The number of thioether (sulfide) groups is 1. The number of unbranched alkanes of at least 4 members (excludes halogenated alkanes) is 1. The molecule has 1 N–H and O–H groups in total. The third kappa shape index (κ3) is 4.29. The maximum absolute atomic E-state index is 10.9. The molecule has 0 saturated carbocycles. The fraction of sp³-hybridized carbons (Fsp3) is 0.500. The van der Waals surface area contributed by atoms with Crippen molar-refractivity contribution in [3.05, 3.63) is 18.5 Å². The van der Waals surface area contributed by atoms with Crippen molar-refractivity contribution in [2.24, 2.45) is 0 Å². The monoisotopic (exact) mass is 226 g/mol. The molecule has 0 aromatic carbocycles. The molecule has 0 saturated heterocycles. The van der Waals surface area contributed by atoms with Crippen LogP contribution >= 0.6 is 11.8 Å². The van der Waals surface area contributed by atoms with Gasteiger partial charge in [-0.25, -0.2) is 9.97 Å². The number of hydrogen-bond donors (Lipinski definition) is 1. The fourth-order valence-electron chi connectivity index (χ4n) is 1.10. The first-order valence-corrected chi connectivity index (χ1v) is 5.78. The second kappa shape index (κ2) is 6.40. The van der Waals surface area contributed by atoms with Crippen LogP contribution in [-0.2, 0) is 4.79 Å². The summed E-state index contributed by atoms with van der Waals surface area (Å²) in [6.45, 7) is 2.04. The summed E-state index contributed by atoms with van der Waals surface area (Å²) in [4.78, 5) is 18.9. The molecule has 0 radical (unpaired) electrons. The minimum absolute atomic E-state index is 0.438. The van der Waals surface area contributed by atoms with Gasteiger partial charge < -0.3 is 5.11 Å². The molecule has 0 aliphatic heterocycles. The van der Waals surface area contributed by atoms with Crippen molar-refractivity contribution in [3.63, 3.8) is 0 Å². The number of carboxylic acid groups (broad SMARTS) is 1. The Morgan fingerprint density at radius 3 is 2.73 bits per heavy atom. The van der Waals surface area contributed by atoms with Crippen molar-refractivity contribution in [1.29, 1.82) is 0 Å². The van der Waals surface area contributed by atoms with Crippen LogP contribution in [0.15, 0.2) is 23.6 Å². The molecule has 0 fully saturated rings. The van der Waals surface area contributed by atoms with Crippen LogP contribution < -0.4 is 0 Å². The number of carboxylic acids is 1. The van der Waals surface area contributed by atoms with Crippen LogP contribution in [0.2, 0.25) is 0 Å². The van der Waals surface area contributed by atoms with Crippen LogP contribution in [0.4, 0.5) is 0 Å². The Morgan fingerprint density at radius 1 is 1.53 bits per heavy atom. The van der Waals surface area contributed by atoms with E-state index in [0.29, 0.717) is 11.6 Å². The SMILES string of the molecule is CCCCC(Sc1ncccn1)C(=O)O. The Kier molecular flexibility index (Phi) is 5.10. The van der Waals surface area contributed by atoms with E-state index in [1.807, 2.05) is 6.92 Å². The first-order valence-electron chi connectivity index (χ1n) is 4.90. The van der Waals surface area contributed by atoms with Crippen molar-refractivity contribution in [1.82, 2.24) is 9.97 Å². The Labute approximate surface area is 93.1 Å². The molecule has 1 aromatic heterocycles. The zero-order valence-electron chi connectivity index (χ0n) is 8.59. The van der Waals surface area contributed by atoms with Crippen molar-refractivity contribution in [2.75, 3.05) is 0 Å². The summed E-state index contributed by atoms with van der Waals surface area (Å²) in [5.74, 6) is -0.791. The Balaban J connectivity index is 2.55. The quantitative estimate of drug-likeness (QED) is 0.595. The molecule has 82 valence electrons. The summed E-state index contributed by atoms with van der Waals surface area (Å²) in [7, 11) is 0. The maximum Gasteiger partial charge on any atom is 0.317 e. The van der Waals surface area contributed by atoms with Gasteiger partial charge in [0.05, 0.1) is 0 Å². The average molecular weight is 226 g/mol. The molecular weight excluding hydrogens is 212 g/mol. The van der Waals surface area contributed by atoms with Crippen molar-refractivity contribution < 1.29 is 9.90 Å². The Hall–Kier alpha value is -1.10. The minimum Gasteiger partial charge on any atom is -0.480 e. The van der Waals surface area contributed by atoms with E-state index in [1.165, 1.54) is 11.8 Å². The average Bonchev–Trinajstić information content (AvgIpc) is 2.25. The van der Waals surface area contributed by atoms with Gasteiger partial charge in [-0.05, 0) is 12.5 Å². The summed E-state index contributed by atoms with van der Waals surface area (Å²) < 4.78 is 0. The molecule has 0 bridgehead atoms. The number of aromatic nitrogens is 2. The van der Waals surface area contributed by atoms with Crippen LogP contribution in [-0.4, -0.2) is 26.3 Å². The standard InChI is InChI=1S/C10H14N2O2S/c1-2-3-5-8(9(13)14)15-10-11-6-4-7-12-10/h4,6-8H,2-3,5H2,1H3,(H,13,14). The Morgan fingerprint density at radius 2 is 2.20 bits per heavy atom. The third-order valence-electron chi connectivity index (χ3n) is 1.89. The van der Waals surface area contributed by atoms with Crippen LogP contribution in [0.5, 0.6) is 0 Å².